The Bertz CT molecular complexity index is 22.4. The van der Waals surface area contributed by atoms with Gasteiger partial charge in [-0.15, -0.1) is 0 Å². The quantitative estimate of drug-likeness (QED) is 0.474. The topological polar surface area (TPSA) is 21.3 Å². The Hall–Kier alpha value is 0.452. The fraction of sp³-hybridized carbons (Fsp3) is 1.00. The molecule has 0 aromatic heterocycles. The first kappa shape index (κ1) is 6.45. The summed E-state index contributed by atoms with van der Waals surface area (Å²) in [5.74, 6) is 0. The number of nitrogens with one attached hydrogen (secondary N) is 1. The van der Waals surface area contributed by atoms with E-state index in [1.807, 2.05) is 0 Å². The van der Waals surface area contributed by atoms with Crippen molar-refractivity contribution in [1.29, 1.82) is 0 Å². The summed E-state index contributed by atoms with van der Waals surface area (Å²) in [4.78, 5) is 0. The molecule has 0 aliphatic carbocycles. The van der Waals surface area contributed by atoms with E-state index >= 15 is 0 Å². The van der Waals surface area contributed by atoms with Crippen molar-refractivity contribution in [1.82, 2.24) is 5.32 Å². The van der Waals surface area contributed by atoms with Gasteiger partial charge in [0.25, 0.3) is 0 Å². The Morgan fingerprint density at radius 3 is 2.50 bits per heavy atom. The summed E-state index contributed by atoms with van der Waals surface area (Å²) in [7, 11) is 0. The Morgan fingerprint density at radius 2 is 2.33 bits per heavy atom. The first-order chi connectivity index (χ1) is 2.50. The minimum atomic E-state index is 0. The smallest absolute Gasteiger partial charge is 0.0966 e. The average Bonchev–Trinajstić information content (AvgIpc) is 1.76. The zero-order valence-corrected chi connectivity index (χ0v) is 4.71. The molecular weight excluding hydrogens is 118 g/mol. The largest absolute Gasteiger partial charge is 0.365 e. The average molecular weight is 125 g/mol. The summed E-state index contributed by atoms with van der Waals surface area (Å²) in [5, 5.41) is 3.00. The number of rotatable bonds is 0. The summed E-state index contributed by atoms with van der Waals surface area (Å²) in [6, 6.07) is 0. The van der Waals surface area contributed by atoms with Crippen LogP contribution in [-0.4, -0.2) is 19.9 Å². The van der Waals surface area contributed by atoms with Gasteiger partial charge in [0.05, 0.1) is 13.3 Å². The van der Waals surface area contributed by atoms with Crippen LogP contribution in [0.4, 0.5) is 0 Å². The molecule has 1 rings (SSSR count). The zero-order valence-electron chi connectivity index (χ0n) is 3.44. The number of hydrogen-bond donors (Lipinski definition) is 1. The molecule has 0 bridgehead atoms. The first-order valence-corrected chi connectivity index (χ1v) is 1.78. The third-order valence-electron chi connectivity index (χ3n) is 0.627. The molecule has 1 aliphatic heterocycles. The van der Waals surface area contributed by atoms with E-state index in [-0.39, 0.29) is 17.4 Å². The van der Waals surface area contributed by atoms with Crippen LogP contribution in [0.5, 0.6) is 0 Å². The van der Waals surface area contributed by atoms with Crippen molar-refractivity contribution in [2.75, 3.05) is 19.9 Å². The van der Waals surface area contributed by atoms with Crippen molar-refractivity contribution in [2.24, 2.45) is 0 Å². The molecular formula is C3H7CrNO. The van der Waals surface area contributed by atoms with Gasteiger partial charge >= 0.3 is 0 Å². The second-order valence-corrected chi connectivity index (χ2v) is 1.05. The number of ether oxygens (including phenoxy) is 1. The van der Waals surface area contributed by atoms with Crippen molar-refractivity contribution in [2.45, 2.75) is 0 Å². The van der Waals surface area contributed by atoms with Crippen LogP contribution < -0.4 is 5.32 Å². The van der Waals surface area contributed by atoms with Gasteiger partial charge in [-0.1, -0.05) is 0 Å². The summed E-state index contributed by atoms with van der Waals surface area (Å²) < 4.78 is 4.83. The van der Waals surface area contributed by atoms with Gasteiger partial charge in [0.1, 0.15) is 0 Å². The van der Waals surface area contributed by atoms with E-state index in [1.165, 1.54) is 0 Å². The standard InChI is InChI=1S/C3H7NO.Cr/c1-2-5-3-4-1;/h4H,1-3H2;. The molecule has 0 aromatic carbocycles. The normalized spacial score (nSPS) is 20.0. The van der Waals surface area contributed by atoms with Crippen molar-refractivity contribution < 1.29 is 22.1 Å². The molecule has 0 spiro atoms. The van der Waals surface area contributed by atoms with E-state index in [0.717, 1.165) is 19.9 Å². The molecule has 0 saturated carbocycles. The number of hydrogen-bond acceptors (Lipinski definition) is 2. The predicted molar refractivity (Wildman–Crippen MR) is 18.8 cm³/mol. The summed E-state index contributed by atoms with van der Waals surface area (Å²) >= 11 is 0. The van der Waals surface area contributed by atoms with E-state index in [4.69, 9.17) is 4.74 Å². The van der Waals surface area contributed by atoms with Gasteiger partial charge in [-0.3, -0.25) is 5.32 Å². The van der Waals surface area contributed by atoms with Crippen molar-refractivity contribution in [3.63, 3.8) is 0 Å². The maximum absolute atomic E-state index is 4.83. The van der Waals surface area contributed by atoms with Crippen LogP contribution in [0.3, 0.4) is 0 Å². The monoisotopic (exact) mass is 125 g/mol. The molecule has 0 aromatic rings. The van der Waals surface area contributed by atoms with Crippen molar-refractivity contribution >= 4 is 0 Å². The second kappa shape index (κ2) is 3.64. The van der Waals surface area contributed by atoms with Crippen LogP contribution in [0.25, 0.3) is 0 Å². The predicted octanol–water partition coefficient (Wildman–Crippen LogP) is -0.439. The molecule has 0 atom stereocenters. The van der Waals surface area contributed by atoms with Gasteiger partial charge < -0.3 is 4.74 Å². The molecule has 36 valence electrons. The van der Waals surface area contributed by atoms with Gasteiger partial charge in [-0.25, -0.2) is 0 Å². The molecule has 0 radical (unpaired) electrons. The van der Waals surface area contributed by atoms with Crippen LogP contribution >= 0.6 is 0 Å². The van der Waals surface area contributed by atoms with E-state index in [9.17, 15) is 0 Å². The summed E-state index contributed by atoms with van der Waals surface area (Å²) in [6.45, 7) is 2.67. The SMILES string of the molecule is C1COCN1.[Cr]. The second-order valence-electron chi connectivity index (χ2n) is 1.05. The maximum atomic E-state index is 4.83. The van der Waals surface area contributed by atoms with Crippen LogP contribution in [0, 0.1) is 0 Å². The molecule has 2 nitrogen and oxygen atoms in total. The Labute approximate surface area is 48.0 Å². The van der Waals surface area contributed by atoms with Crippen LogP contribution in [0.15, 0.2) is 0 Å². The third kappa shape index (κ3) is 1.79. The molecule has 1 saturated heterocycles. The van der Waals surface area contributed by atoms with Gasteiger partial charge in [-0.05, 0) is 0 Å². The van der Waals surface area contributed by atoms with Crippen molar-refractivity contribution in [3.8, 4) is 0 Å². The molecule has 1 fully saturated rings. The molecule has 0 amide bonds. The van der Waals surface area contributed by atoms with Gasteiger partial charge in [-0.2, -0.15) is 0 Å². The van der Waals surface area contributed by atoms with E-state index < -0.39 is 0 Å². The summed E-state index contributed by atoms with van der Waals surface area (Å²) in [5.41, 5.74) is 0. The van der Waals surface area contributed by atoms with Crippen LogP contribution in [-0.2, 0) is 22.1 Å². The Balaban J connectivity index is 0.000000250. The maximum Gasteiger partial charge on any atom is 0.0966 e. The van der Waals surface area contributed by atoms with E-state index in [0.29, 0.717) is 0 Å². The van der Waals surface area contributed by atoms with E-state index in [1.54, 1.807) is 0 Å². The molecule has 1 N–H and O–H groups in total. The molecule has 0 unspecified atom stereocenters. The fourth-order valence-electron chi connectivity index (χ4n) is 0.361. The fourth-order valence-corrected chi connectivity index (χ4v) is 0.361. The molecule has 1 aliphatic rings. The van der Waals surface area contributed by atoms with Crippen LogP contribution in [0.1, 0.15) is 0 Å². The zero-order chi connectivity index (χ0) is 3.54. The minimum Gasteiger partial charge on any atom is -0.365 e. The third-order valence-corrected chi connectivity index (χ3v) is 0.627. The Morgan fingerprint density at radius 1 is 1.50 bits per heavy atom. The molecule has 6 heavy (non-hydrogen) atoms. The molecule has 1 heterocycles. The Kier molecular flexibility index (Phi) is 3.91. The van der Waals surface area contributed by atoms with Crippen LogP contribution in [0.2, 0.25) is 0 Å². The van der Waals surface area contributed by atoms with Gasteiger partial charge in [0.15, 0.2) is 0 Å². The van der Waals surface area contributed by atoms with E-state index in [2.05, 4.69) is 5.32 Å². The van der Waals surface area contributed by atoms with Gasteiger partial charge in [0.2, 0.25) is 0 Å². The molecule has 3 heteroatoms. The first-order valence-electron chi connectivity index (χ1n) is 1.78. The van der Waals surface area contributed by atoms with Crippen molar-refractivity contribution in [3.05, 3.63) is 0 Å². The van der Waals surface area contributed by atoms with Gasteiger partial charge in [0, 0.05) is 23.9 Å². The summed E-state index contributed by atoms with van der Waals surface area (Å²) in [6.07, 6.45) is 0. The minimum absolute atomic E-state index is 0.